The van der Waals surface area contributed by atoms with Gasteiger partial charge in [-0.1, -0.05) is 42.1 Å². The molecule has 1 aromatic carbocycles. The second-order valence-corrected chi connectivity index (χ2v) is 8.59. The first-order valence-corrected chi connectivity index (χ1v) is 10.7. The summed E-state index contributed by atoms with van der Waals surface area (Å²) in [7, 11) is 0. The molecule has 134 valence electrons. The molecule has 0 N–H and O–H groups in total. The Morgan fingerprint density at radius 3 is 2.92 bits per heavy atom. The number of benzene rings is 1. The number of thioether (sulfide) groups is 1. The van der Waals surface area contributed by atoms with Crippen molar-refractivity contribution < 1.29 is 4.79 Å². The minimum atomic E-state index is 0.215. The minimum absolute atomic E-state index is 0.215. The highest BCUT2D eigenvalue weighted by Gasteiger charge is 2.23. The fourth-order valence-corrected chi connectivity index (χ4v) is 5.30. The molecule has 4 nitrogen and oxygen atoms in total. The van der Waals surface area contributed by atoms with Crippen molar-refractivity contribution in [3.8, 4) is 10.4 Å². The Labute approximate surface area is 161 Å². The molecule has 26 heavy (non-hydrogen) atoms. The van der Waals surface area contributed by atoms with Crippen LogP contribution in [-0.4, -0.2) is 39.1 Å². The van der Waals surface area contributed by atoms with E-state index in [1.807, 2.05) is 23.1 Å². The third kappa shape index (κ3) is 3.62. The van der Waals surface area contributed by atoms with Crippen molar-refractivity contribution in [3.63, 3.8) is 0 Å². The van der Waals surface area contributed by atoms with Gasteiger partial charge in [-0.3, -0.25) is 4.79 Å². The zero-order valence-electron chi connectivity index (χ0n) is 14.7. The average molecular weight is 384 g/mol. The number of nitrogens with zero attached hydrogens (tertiary/aromatic N) is 3. The van der Waals surface area contributed by atoms with Crippen LogP contribution in [0.25, 0.3) is 20.7 Å². The van der Waals surface area contributed by atoms with E-state index in [4.69, 9.17) is 0 Å². The third-order valence-corrected chi connectivity index (χ3v) is 6.89. The topological polar surface area (TPSA) is 46.1 Å². The van der Waals surface area contributed by atoms with E-state index in [9.17, 15) is 4.79 Å². The third-order valence-electron chi connectivity index (χ3n) is 4.81. The highest BCUT2D eigenvalue weighted by Crippen LogP contribution is 2.36. The first-order chi connectivity index (χ1) is 12.7. The summed E-state index contributed by atoms with van der Waals surface area (Å²) in [5.74, 6) is 0.653. The molecule has 1 amide bonds. The summed E-state index contributed by atoms with van der Waals surface area (Å²) in [5, 5.41) is 1.94. The minimum Gasteiger partial charge on any atom is -0.339 e. The molecule has 1 fully saturated rings. The normalized spacial score (nSPS) is 17.6. The molecule has 2 aromatic heterocycles. The van der Waals surface area contributed by atoms with Crippen molar-refractivity contribution in [3.05, 3.63) is 42.7 Å². The predicted molar refractivity (Wildman–Crippen MR) is 109 cm³/mol. The molecule has 3 heterocycles. The number of carbonyl (C=O) groups is 1. The van der Waals surface area contributed by atoms with Crippen molar-refractivity contribution in [1.82, 2.24) is 14.9 Å². The molecule has 0 radical (unpaired) electrons. The van der Waals surface area contributed by atoms with Gasteiger partial charge in [0, 0.05) is 22.8 Å². The number of amides is 1. The molecule has 1 saturated heterocycles. The van der Waals surface area contributed by atoms with Gasteiger partial charge in [-0.2, -0.15) is 0 Å². The van der Waals surface area contributed by atoms with Gasteiger partial charge in [-0.05, 0) is 37.8 Å². The smallest absolute Gasteiger partial charge is 0.233 e. The fraction of sp³-hybridized carbons (Fsp3) is 0.350. The van der Waals surface area contributed by atoms with Gasteiger partial charge in [-0.15, -0.1) is 11.3 Å². The standard InChI is InChI=1S/C20H21N3OS2/c1-14-7-5-6-10-23(14)18(24)12-25-19-16-11-17(15-8-3-2-4-9-15)26-20(16)22-13-21-19/h2-4,8-9,11,13-14H,5-7,10,12H2,1H3/t14-/m1/s1. The highest BCUT2D eigenvalue weighted by molar-refractivity contribution is 8.00. The molecular weight excluding hydrogens is 362 g/mol. The van der Waals surface area contributed by atoms with Crippen molar-refractivity contribution in [2.75, 3.05) is 12.3 Å². The summed E-state index contributed by atoms with van der Waals surface area (Å²) in [6.45, 7) is 3.03. The van der Waals surface area contributed by atoms with Crippen molar-refractivity contribution in [2.45, 2.75) is 37.3 Å². The van der Waals surface area contributed by atoms with Crippen LogP contribution in [0.4, 0.5) is 0 Å². The van der Waals surface area contributed by atoms with Crippen molar-refractivity contribution in [2.24, 2.45) is 0 Å². The number of carbonyl (C=O) groups excluding carboxylic acids is 1. The number of hydrogen-bond acceptors (Lipinski definition) is 5. The molecule has 6 heteroatoms. The summed E-state index contributed by atoms with van der Waals surface area (Å²) in [6, 6.07) is 12.8. The van der Waals surface area contributed by atoms with Crippen LogP contribution in [0.15, 0.2) is 47.8 Å². The van der Waals surface area contributed by atoms with Gasteiger partial charge in [-0.25, -0.2) is 9.97 Å². The number of likely N-dealkylation sites (tertiary alicyclic amines) is 1. The first kappa shape index (κ1) is 17.5. The van der Waals surface area contributed by atoms with E-state index in [2.05, 4.69) is 35.1 Å². The lowest BCUT2D eigenvalue weighted by atomic mass is 10.0. The molecule has 1 atom stereocenters. The summed E-state index contributed by atoms with van der Waals surface area (Å²) in [5.41, 5.74) is 1.18. The Morgan fingerprint density at radius 2 is 2.12 bits per heavy atom. The lowest BCUT2D eigenvalue weighted by Gasteiger charge is -2.33. The van der Waals surface area contributed by atoms with Crippen LogP contribution in [0.3, 0.4) is 0 Å². The zero-order valence-corrected chi connectivity index (χ0v) is 16.4. The lowest BCUT2D eigenvalue weighted by molar-refractivity contribution is -0.131. The predicted octanol–water partition coefficient (Wildman–Crippen LogP) is 4.85. The maximum absolute atomic E-state index is 12.6. The van der Waals surface area contributed by atoms with Gasteiger partial charge in [0.15, 0.2) is 0 Å². The molecule has 3 aromatic rings. The Kier molecular flexibility index (Phi) is 5.22. The number of fused-ring (bicyclic) bond motifs is 1. The molecular formula is C20H21N3OS2. The molecule has 0 bridgehead atoms. The fourth-order valence-electron chi connectivity index (χ4n) is 3.38. The second-order valence-electron chi connectivity index (χ2n) is 6.59. The van der Waals surface area contributed by atoms with E-state index in [1.165, 1.54) is 28.6 Å². The Bertz CT molecular complexity index is 910. The first-order valence-electron chi connectivity index (χ1n) is 8.94. The van der Waals surface area contributed by atoms with E-state index in [-0.39, 0.29) is 5.91 Å². The van der Waals surface area contributed by atoms with E-state index in [0.29, 0.717) is 11.8 Å². The van der Waals surface area contributed by atoms with Crippen LogP contribution in [0.1, 0.15) is 26.2 Å². The Morgan fingerprint density at radius 1 is 1.27 bits per heavy atom. The zero-order chi connectivity index (χ0) is 17.9. The second kappa shape index (κ2) is 7.76. The van der Waals surface area contributed by atoms with Crippen LogP contribution in [-0.2, 0) is 4.79 Å². The molecule has 1 aliphatic heterocycles. The lowest BCUT2D eigenvalue weighted by Crippen LogP contribution is -2.42. The van der Waals surface area contributed by atoms with Crippen LogP contribution in [0.2, 0.25) is 0 Å². The van der Waals surface area contributed by atoms with Crippen LogP contribution in [0.5, 0.6) is 0 Å². The summed E-state index contributed by atoms with van der Waals surface area (Å²) < 4.78 is 0. The van der Waals surface area contributed by atoms with E-state index in [1.54, 1.807) is 17.7 Å². The Hall–Kier alpha value is -1.92. The largest absolute Gasteiger partial charge is 0.339 e. The van der Waals surface area contributed by atoms with Crippen LogP contribution >= 0.6 is 23.1 Å². The molecule has 0 aliphatic carbocycles. The van der Waals surface area contributed by atoms with E-state index in [0.717, 1.165) is 34.6 Å². The number of hydrogen-bond donors (Lipinski definition) is 0. The van der Waals surface area contributed by atoms with Gasteiger partial charge < -0.3 is 4.90 Å². The van der Waals surface area contributed by atoms with Crippen molar-refractivity contribution in [1.29, 1.82) is 0 Å². The van der Waals surface area contributed by atoms with E-state index < -0.39 is 0 Å². The monoisotopic (exact) mass is 383 g/mol. The molecule has 0 unspecified atom stereocenters. The van der Waals surface area contributed by atoms with Crippen LogP contribution in [0, 0.1) is 0 Å². The van der Waals surface area contributed by atoms with Gasteiger partial charge in [0.1, 0.15) is 16.2 Å². The van der Waals surface area contributed by atoms with Gasteiger partial charge in [0.05, 0.1) is 5.75 Å². The molecule has 0 spiro atoms. The van der Waals surface area contributed by atoms with Gasteiger partial charge >= 0.3 is 0 Å². The number of thiophene rings is 1. The summed E-state index contributed by atoms with van der Waals surface area (Å²) in [4.78, 5) is 25.6. The van der Waals surface area contributed by atoms with Crippen LogP contribution < -0.4 is 0 Å². The molecule has 4 rings (SSSR count). The van der Waals surface area contributed by atoms with Gasteiger partial charge in [0.25, 0.3) is 0 Å². The maximum Gasteiger partial charge on any atom is 0.233 e. The molecule has 0 saturated carbocycles. The number of rotatable bonds is 4. The molecule has 1 aliphatic rings. The van der Waals surface area contributed by atoms with Gasteiger partial charge in [0.2, 0.25) is 5.91 Å². The maximum atomic E-state index is 12.6. The number of piperidine rings is 1. The van der Waals surface area contributed by atoms with Crippen molar-refractivity contribution >= 4 is 39.2 Å². The highest BCUT2D eigenvalue weighted by atomic mass is 32.2. The number of aromatic nitrogens is 2. The van der Waals surface area contributed by atoms with E-state index >= 15 is 0 Å². The summed E-state index contributed by atoms with van der Waals surface area (Å²) >= 11 is 3.19. The quantitative estimate of drug-likeness (QED) is 0.477. The summed E-state index contributed by atoms with van der Waals surface area (Å²) in [6.07, 6.45) is 5.05. The SMILES string of the molecule is C[C@@H]1CCCCN1C(=O)CSc1ncnc2sc(-c3ccccc3)cc12. The average Bonchev–Trinajstić information content (AvgIpc) is 3.12. The Balaban J connectivity index is 1.53.